The first kappa shape index (κ1) is 14.7. The van der Waals surface area contributed by atoms with Gasteiger partial charge in [0.05, 0.1) is 17.7 Å². The zero-order chi connectivity index (χ0) is 15.2. The maximum absolute atomic E-state index is 8.78. The van der Waals surface area contributed by atoms with Gasteiger partial charge < -0.3 is 15.8 Å². The molecule has 0 amide bonds. The molecule has 0 heterocycles. The highest BCUT2D eigenvalue weighted by Gasteiger charge is 2.02. The molecule has 4 heteroatoms. The summed E-state index contributed by atoms with van der Waals surface area (Å²) >= 11 is 0. The van der Waals surface area contributed by atoms with Gasteiger partial charge in [-0.25, -0.2) is 0 Å². The molecule has 2 aromatic rings. The topological polar surface area (TPSA) is 71.1 Å². The van der Waals surface area contributed by atoms with Crippen LogP contribution < -0.4 is 15.8 Å². The number of nitrogens with zero attached hydrogens (tertiary/aromatic N) is 1. The minimum Gasteiger partial charge on any atom is -0.491 e. The highest BCUT2D eigenvalue weighted by molar-refractivity contribution is 5.59. The molecule has 2 rings (SSSR count). The van der Waals surface area contributed by atoms with E-state index >= 15 is 0 Å². The summed E-state index contributed by atoms with van der Waals surface area (Å²) < 4.78 is 5.66. The molecule has 0 saturated heterocycles. The average Bonchev–Trinajstić information content (AvgIpc) is 2.44. The van der Waals surface area contributed by atoms with Gasteiger partial charge in [0.2, 0.25) is 0 Å². The maximum atomic E-state index is 8.78. The summed E-state index contributed by atoms with van der Waals surface area (Å²) in [7, 11) is 0. The van der Waals surface area contributed by atoms with E-state index in [4.69, 9.17) is 15.7 Å². The van der Waals surface area contributed by atoms with Crippen LogP contribution in [0.25, 0.3) is 0 Å². The minimum absolute atomic E-state index is 0.109. The summed E-state index contributed by atoms with van der Waals surface area (Å²) in [5.74, 6) is 0.757. The van der Waals surface area contributed by atoms with E-state index in [-0.39, 0.29) is 6.10 Å². The van der Waals surface area contributed by atoms with E-state index in [0.29, 0.717) is 17.8 Å². The number of nitrogen functional groups attached to an aromatic ring is 1. The summed E-state index contributed by atoms with van der Waals surface area (Å²) in [5.41, 5.74) is 9.22. The minimum atomic E-state index is 0.109. The molecule has 0 bridgehead atoms. The van der Waals surface area contributed by atoms with Crippen LogP contribution in [0.2, 0.25) is 0 Å². The third kappa shape index (κ3) is 4.43. The summed E-state index contributed by atoms with van der Waals surface area (Å²) in [6, 6.07) is 15.2. The molecule has 0 atom stereocenters. The van der Waals surface area contributed by atoms with Crippen molar-refractivity contribution in [2.45, 2.75) is 26.5 Å². The van der Waals surface area contributed by atoms with Gasteiger partial charge in [-0.1, -0.05) is 12.1 Å². The van der Waals surface area contributed by atoms with Gasteiger partial charge in [-0.2, -0.15) is 5.26 Å². The van der Waals surface area contributed by atoms with E-state index in [9.17, 15) is 0 Å². The van der Waals surface area contributed by atoms with Crippen LogP contribution in [0.5, 0.6) is 5.75 Å². The van der Waals surface area contributed by atoms with Crippen LogP contribution in [0, 0.1) is 11.3 Å². The normalized spacial score (nSPS) is 10.2. The Morgan fingerprint density at radius 2 is 1.90 bits per heavy atom. The molecule has 0 fully saturated rings. The van der Waals surface area contributed by atoms with E-state index in [1.54, 1.807) is 0 Å². The second-order valence-corrected chi connectivity index (χ2v) is 5.12. The number of benzene rings is 2. The lowest BCUT2D eigenvalue weighted by molar-refractivity contribution is 0.242. The molecule has 0 aromatic heterocycles. The van der Waals surface area contributed by atoms with Crippen molar-refractivity contribution in [3.8, 4) is 11.8 Å². The fourth-order valence-corrected chi connectivity index (χ4v) is 1.97. The molecule has 0 radical (unpaired) electrons. The first-order valence-corrected chi connectivity index (χ1v) is 6.87. The molecule has 21 heavy (non-hydrogen) atoms. The van der Waals surface area contributed by atoms with Crippen LogP contribution in [0.15, 0.2) is 42.5 Å². The van der Waals surface area contributed by atoms with E-state index in [1.165, 1.54) is 0 Å². The van der Waals surface area contributed by atoms with E-state index in [2.05, 4.69) is 11.4 Å². The largest absolute Gasteiger partial charge is 0.491 e. The number of nitrogens with one attached hydrogen (secondary N) is 1. The Labute approximate surface area is 125 Å². The van der Waals surface area contributed by atoms with Gasteiger partial charge in [0.15, 0.2) is 0 Å². The Bertz CT molecular complexity index is 642. The van der Waals surface area contributed by atoms with Gasteiger partial charge in [-0.05, 0) is 37.6 Å². The van der Waals surface area contributed by atoms with Gasteiger partial charge in [0, 0.05) is 30.1 Å². The van der Waals surface area contributed by atoms with Crippen LogP contribution in [0.3, 0.4) is 0 Å². The Morgan fingerprint density at radius 3 is 2.52 bits per heavy atom. The van der Waals surface area contributed by atoms with Crippen molar-refractivity contribution in [1.29, 1.82) is 5.26 Å². The summed E-state index contributed by atoms with van der Waals surface area (Å²) in [4.78, 5) is 0. The molecule has 108 valence electrons. The van der Waals surface area contributed by atoms with Crippen molar-refractivity contribution in [2.75, 3.05) is 11.1 Å². The van der Waals surface area contributed by atoms with Gasteiger partial charge in [0.25, 0.3) is 0 Å². The van der Waals surface area contributed by atoms with E-state index in [0.717, 1.165) is 17.0 Å². The lowest BCUT2D eigenvalue weighted by Crippen LogP contribution is -2.07. The molecule has 0 aliphatic heterocycles. The number of hydrogen-bond donors (Lipinski definition) is 2. The number of hydrogen-bond acceptors (Lipinski definition) is 4. The van der Waals surface area contributed by atoms with Crippen molar-refractivity contribution in [3.63, 3.8) is 0 Å². The molecule has 0 spiro atoms. The number of anilines is 2. The van der Waals surface area contributed by atoms with Gasteiger partial charge in [-0.3, -0.25) is 0 Å². The van der Waals surface area contributed by atoms with Gasteiger partial charge >= 0.3 is 0 Å². The number of nitriles is 1. The molecule has 4 nitrogen and oxygen atoms in total. The standard InChI is InChI=1S/C17H19N3O/c1-12(2)21-17-8-15(19)7-16(9-17)20-11-14-5-3-13(10-18)4-6-14/h3-9,12,20H,11,19H2,1-2H3. The van der Waals surface area contributed by atoms with Crippen LogP contribution in [-0.2, 0) is 6.54 Å². The third-order valence-electron chi connectivity index (χ3n) is 2.88. The summed E-state index contributed by atoms with van der Waals surface area (Å²) in [5, 5.41) is 12.1. The van der Waals surface area contributed by atoms with Crippen molar-refractivity contribution in [1.82, 2.24) is 0 Å². The van der Waals surface area contributed by atoms with Crippen molar-refractivity contribution in [3.05, 3.63) is 53.6 Å². The zero-order valence-corrected chi connectivity index (χ0v) is 12.3. The fourth-order valence-electron chi connectivity index (χ4n) is 1.97. The Kier molecular flexibility index (Phi) is 4.68. The number of rotatable bonds is 5. The van der Waals surface area contributed by atoms with Gasteiger partial charge in [-0.15, -0.1) is 0 Å². The van der Waals surface area contributed by atoms with E-state index < -0.39 is 0 Å². The summed E-state index contributed by atoms with van der Waals surface area (Å²) in [6.45, 7) is 4.62. The highest BCUT2D eigenvalue weighted by atomic mass is 16.5. The summed E-state index contributed by atoms with van der Waals surface area (Å²) in [6.07, 6.45) is 0.109. The van der Waals surface area contributed by atoms with Crippen LogP contribution in [0.1, 0.15) is 25.0 Å². The molecule has 0 unspecified atom stereocenters. The Morgan fingerprint density at radius 1 is 1.19 bits per heavy atom. The maximum Gasteiger partial charge on any atom is 0.123 e. The average molecular weight is 281 g/mol. The van der Waals surface area contributed by atoms with Crippen molar-refractivity contribution in [2.24, 2.45) is 0 Å². The zero-order valence-electron chi connectivity index (χ0n) is 12.3. The van der Waals surface area contributed by atoms with Crippen LogP contribution in [0.4, 0.5) is 11.4 Å². The van der Waals surface area contributed by atoms with Crippen LogP contribution >= 0.6 is 0 Å². The molecule has 0 saturated carbocycles. The predicted octanol–water partition coefficient (Wildman–Crippen LogP) is 3.54. The van der Waals surface area contributed by atoms with Crippen molar-refractivity contribution >= 4 is 11.4 Å². The van der Waals surface area contributed by atoms with E-state index in [1.807, 2.05) is 56.3 Å². The molecular formula is C17H19N3O. The lowest BCUT2D eigenvalue weighted by Gasteiger charge is -2.13. The van der Waals surface area contributed by atoms with Crippen LogP contribution in [-0.4, -0.2) is 6.10 Å². The molecule has 2 aromatic carbocycles. The third-order valence-corrected chi connectivity index (χ3v) is 2.88. The Hall–Kier alpha value is -2.67. The highest BCUT2D eigenvalue weighted by Crippen LogP contribution is 2.24. The van der Waals surface area contributed by atoms with Gasteiger partial charge in [0.1, 0.15) is 5.75 Å². The molecule has 0 aliphatic carbocycles. The van der Waals surface area contributed by atoms with Crippen molar-refractivity contribution < 1.29 is 4.74 Å². The SMILES string of the molecule is CC(C)Oc1cc(N)cc(NCc2ccc(C#N)cc2)c1. The lowest BCUT2D eigenvalue weighted by atomic mass is 10.1. The second-order valence-electron chi connectivity index (χ2n) is 5.12. The Balaban J connectivity index is 2.05. The monoisotopic (exact) mass is 281 g/mol. The number of ether oxygens (including phenoxy) is 1. The fraction of sp³-hybridized carbons (Fsp3) is 0.235. The second kappa shape index (κ2) is 6.67. The first-order valence-electron chi connectivity index (χ1n) is 6.87. The smallest absolute Gasteiger partial charge is 0.123 e. The predicted molar refractivity (Wildman–Crippen MR) is 85.1 cm³/mol. The molecule has 3 N–H and O–H groups in total. The number of nitrogens with two attached hydrogens (primary N) is 1. The molecule has 0 aliphatic rings. The quantitative estimate of drug-likeness (QED) is 0.822. The molecular weight excluding hydrogens is 262 g/mol. The first-order chi connectivity index (χ1) is 10.1.